The smallest absolute Gasteiger partial charge is 0.244 e. The lowest BCUT2D eigenvalue weighted by Gasteiger charge is -2.18. The van der Waals surface area contributed by atoms with Crippen molar-refractivity contribution < 1.29 is 13.9 Å². The Morgan fingerprint density at radius 1 is 0.962 bits per heavy atom. The normalized spacial score (nSPS) is 11.6. The predicted molar refractivity (Wildman–Crippen MR) is 99.2 cm³/mol. The average Bonchev–Trinajstić information content (AvgIpc) is 2.67. The van der Waals surface area contributed by atoms with E-state index in [9.17, 15) is 9.18 Å². The first-order valence-electron chi connectivity index (χ1n) is 8.20. The van der Waals surface area contributed by atoms with Gasteiger partial charge in [-0.1, -0.05) is 54.6 Å². The minimum absolute atomic E-state index is 0.223. The number of rotatable bonds is 7. The van der Waals surface area contributed by atoms with Crippen molar-refractivity contribution >= 4 is 11.6 Å². The molecule has 5 heteroatoms. The molecule has 4 nitrogen and oxygen atoms in total. The summed E-state index contributed by atoms with van der Waals surface area (Å²) in [4.78, 5) is 11.8. The summed E-state index contributed by atoms with van der Waals surface area (Å²) in [6.07, 6.45) is 0. The Balaban J connectivity index is 1.70. The predicted octanol–water partition coefficient (Wildman–Crippen LogP) is 4.04. The number of carbonyl (C=O) groups is 1. The van der Waals surface area contributed by atoms with E-state index in [2.05, 4.69) is 5.32 Å². The Labute approximate surface area is 151 Å². The van der Waals surface area contributed by atoms with Crippen molar-refractivity contribution in [3.05, 3.63) is 95.8 Å². The van der Waals surface area contributed by atoms with Gasteiger partial charge in [0.05, 0.1) is 5.69 Å². The highest BCUT2D eigenvalue weighted by Gasteiger charge is 2.19. The summed E-state index contributed by atoms with van der Waals surface area (Å²) < 4.78 is 19.5. The molecular weight excluding hydrogens is 331 g/mol. The number of primary amides is 1. The molecule has 132 valence electrons. The van der Waals surface area contributed by atoms with Crippen LogP contribution in [-0.2, 0) is 11.4 Å². The molecule has 3 rings (SSSR count). The van der Waals surface area contributed by atoms with Gasteiger partial charge < -0.3 is 15.8 Å². The number of benzene rings is 3. The minimum Gasteiger partial charge on any atom is -0.489 e. The third-order valence-corrected chi connectivity index (χ3v) is 3.92. The molecule has 0 saturated carbocycles. The van der Waals surface area contributed by atoms with E-state index in [0.717, 1.165) is 5.56 Å². The Morgan fingerprint density at radius 3 is 2.27 bits per heavy atom. The lowest BCUT2D eigenvalue weighted by atomic mass is 10.1. The summed E-state index contributed by atoms with van der Waals surface area (Å²) in [7, 11) is 0. The molecular formula is C21H19FN2O2. The van der Waals surface area contributed by atoms with Crippen LogP contribution < -0.4 is 15.8 Å². The molecule has 0 aliphatic rings. The van der Waals surface area contributed by atoms with Gasteiger partial charge in [0.2, 0.25) is 5.91 Å². The highest BCUT2D eigenvalue weighted by molar-refractivity contribution is 5.84. The largest absolute Gasteiger partial charge is 0.489 e. The summed E-state index contributed by atoms with van der Waals surface area (Å²) in [5.41, 5.74) is 7.40. The van der Waals surface area contributed by atoms with Crippen molar-refractivity contribution in [2.75, 3.05) is 5.32 Å². The summed E-state index contributed by atoms with van der Waals surface area (Å²) in [5.74, 6) is -0.362. The lowest BCUT2D eigenvalue weighted by molar-refractivity contribution is -0.118. The molecule has 0 bridgehead atoms. The molecule has 3 aromatic rings. The fourth-order valence-corrected chi connectivity index (χ4v) is 2.55. The number of amides is 1. The van der Waals surface area contributed by atoms with Crippen LogP contribution in [0.5, 0.6) is 5.75 Å². The van der Waals surface area contributed by atoms with Crippen molar-refractivity contribution in [3.63, 3.8) is 0 Å². The zero-order valence-electron chi connectivity index (χ0n) is 14.1. The number of para-hydroxylation sites is 1. The second-order valence-corrected chi connectivity index (χ2v) is 5.80. The maximum Gasteiger partial charge on any atom is 0.244 e. The molecule has 0 aliphatic carbocycles. The quantitative estimate of drug-likeness (QED) is 0.676. The van der Waals surface area contributed by atoms with Gasteiger partial charge in [-0.2, -0.15) is 0 Å². The molecule has 3 aromatic carbocycles. The van der Waals surface area contributed by atoms with Gasteiger partial charge in [-0.25, -0.2) is 4.39 Å². The average molecular weight is 350 g/mol. The maximum absolute atomic E-state index is 13.8. The molecule has 26 heavy (non-hydrogen) atoms. The van der Waals surface area contributed by atoms with Gasteiger partial charge in [0.25, 0.3) is 0 Å². The van der Waals surface area contributed by atoms with Crippen LogP contribution in [-0.4, -0.2) is 5.91 Å². The standard InChI is InChI=1S/C21H19FN2O2/c22-18-8-4-5-9-19(18)24-20(21(23)25)16-10-12-17(13-11-16)26-14-15-6-2-1-3-7-15/h1-13,20,24H,14H2,(H2,23,25). The SMILES string of the molecule is NC(=O)C(Nc1ccccc1F)c1ccc(OCc2ccccc2)cc1. The molecule has 0 radical (unpaired) electrons. The molecule has 0 saturated heterocycles. The monoisotopic (exact) mass is 350 g/mol. The first-order chi connectivity index (χ1) is 12.6. The molecule has 0 fully saturated rings. The number of anilines is 1. The van der Waals surface area contributed by atoms with Gasteiger partial charge in [-0.15, -0.1) is 0 Å². The van der Waals surface area contributed by atoms with Crippen LogP contribution in [0.4, 0.5) is 10.1 Å². The summed E-state index contributed by atoms with van der Waals surface area (Å²) in [6, 6.07) is 22.1. The van der Waals surface area contributed by atoms with E-state index in [1.165, 1.54) is 6.07 Å². The van der Waals surface area contributed by atoms with Crippen LogP contribution in [0.15, 0.2) is 78.9 Å². The van der Waals surface area contributed by atoms with Crippen molar-refractivity contribution in [2.45, 2.75) is 12.6 Å². The maximum atomic E-state index is 13.8. The first-order valence-corrected chi connectivity index (χ1v) is 8.20. The number of hydrogen-bond acceptors (Lipinski definition) is 3. The Hall–Kier alpha value is -3.34. The van der Waals surface area contributed by atoms with Crippen molar-refractivity contribution in [2.24, 2.45) is 5.73 Å². The summed E-state index contributed by atoms with van der Waals surface area (Å²) >= 11 is 0. The molecule has 1 atom stereocenters. The number of nitrogens with two attached hydrogens (primary N) is 1. The van der Waals surface area contributed by atoms with Crippen LogP contribution in [0, 0.1) is 5.82 Å². The van der Waals surface area contributed by atoms with E-state index in [-0.39, 0.29) is 5.69 Å². The van der Waals surface area contributed by atoms with Gasteiger partial charge >= 0.3 is 0 Å². The zero-order valence-corrected chi connectivity index (χ0v) is 14.1. The van der Waals surface area contributed by atoms with Gasteiger partial charge in [-0.3, -0.25) is 4.79 Å². The van der Waals surface area contributed by atoms with Crippen molar-refractivity contribution in [1.29, 1.82) is 0 Å². The fraction of sp³-hybridized carbons (Fsp3) is 0.0952. The second-order valence-electron chi connectivity index (χ2n) is 5.80. The zero-order chi connectivity index (χ0) is 18.4. The van der Waals surface area contributed by atoms with Gasteiger partial charge in [-0.05, 0) is 35.4 Å². The topological polar surface area (TPSA) is 64.4 Å². The number of ether oxygens (including phenoxy) is 1. The molecule has 3 N–H and O–H groups in total. The third-order valence-electron chi connectivity index (χ3n) is 3.92. The number of hydrogen-bond donors (Lipinski definition) is 2. The highest BCUT2D eigenvalue weighted by atomic mass is 19.1. The minimum atomic E-state index is -0.838. The molecule has 0 aliphatic heterocycles. The van der Waals surface area contributed by atoms with Crippen molar-refractivity contribution in [1.82, 2.24) is 0 Å². The number of halogens is 1. The van der Waals surface area contributed by atoms with Gasteiger partial charge in [0.15, 0.2) is 0 Å². The van der Waals surface area contributed by atoms with E-state index >= 15 is 0 Å². The number of nitrogens with one attached hydrogen (secondary N) is 1. The van der Waals surface area contributed by atoms with Crippen LogP contribution in [0.25, 0.3) is 0 Å². The van der Waals surface area contributed by atoms with Gasteiger partial charge in [0, 0.05) is 0 Å². The fourth-order valence-electron chi connectivity index (χ4n) is 2.55. The Morgan fingerprint density at radius 2 is 1.62 bits per heavy atom. The highest BCUT2D eigenvalue weighted by Crippen LogP contribution is 2.24. The van der Waals surface area contributed by atoms with Crippen LogP contribution in [0.1, 0.15) is 17.2 Å². The number of carbonyl (C=O) groups excluding carboxylic acids is 1. The van der Waals surface area contributed by atoms with Crippen LogP contribution in [0.2, 0.25) is 0 Å². The van der Waals surface area contributed by atoms with E-state index in [4.69, 9.17) is 10.5 Å². The Bertz CT molecular complexity index is 867. The first kappa shape index (κ1) is 17.5. The van der Waals surface area contributed by atoms with Crippen LogP contribution in [0.3, 0.4) is 0 Å². The molecule has 1 amide bonds. The van der Waals surface area contributed by atoms with Gasteiger partial charge in [0.1, 0.15) is 24.2 Å². The molecule has 0 spiro atoms. The summed E-state index contributed by atoms with van der Waals surface area (Å²) in [6.45, 7) is 0.451. The van der Waals surface area contributed by atoms with Crippen molar-refractivity contribution in [3.8, 4) is 5.75 Å². The van der Waals surface area contributed by atoms with E-state index in [0.29, 0.717) is 17.9 Å². The molecule has 1 unspecified atom stereocenters. The second kappa shape index (κ2) is 8.16. The lowest BCUT2D eigenvalue weighted by Crippen LogP contribution is -2.28. The summed E-state index contributed by atoms with van der Waals surface area (Å²) in [5, 5.41) is 2.85. The van der Waals surface area contributed by atoms with E-state index < -0.39 is 17.8 Å². The van der Waals surface area contributed by atoms with Crippen LogP contribution >= 0.6 is 0 Å². The van der Waals surface area contributed by atoms with E-state index in [1.54, 1.807) is 42.5 Å². The third kappa shape index (κ3) is 4.39. The molecule has 0 aromatic heterocycles. The Kier molecular flexibility index (Phi) is 5.49. The molecule has 0 heterocycles. The van der Waals surface area contributed by atoms with E-state index in [1.807, 2.05) is 30.3 Å².